The van der Waals surface area contributed by atoms with Crippen LogP contribution in [-0.2, 0) is 6.42 Å². The number of pyridine rings is 1. The highest BCUT2D eigenvalue weighted by Crippen LogP contribution is 2.09. The summed E-state index contributed by atoms with van der Waals surface area (Å²) in [6, 6.07) is 3.92. The van der Waals surface area contributed by atoms with Gasteiger partial charge >= 0.3 is 0 Å². The first-order chi connectivity index (χ1) is 5.24. The lowest BCUT2D eigenvalue weighted by Crippen LogP contribution is -1.96. The van der Waals surface area contributed by atoms with Gasteiger partial charge in [0.15, 0.2) is 0 Å². The fourth-order valence-electron chi connectivity index (χ4n) is 1.14. The van der Waals surface area contributed by atoms with E-state index in [1.807, 2.05) is 13.0 Å². The minimum absolute atomic E-state index is 0.613. The maximum Gasteiger partial charge on any atom is 0.123 e. The largest absolute Gasteiger partial charge is 0.384 e. The number of nitrogens with zero attached hydrogens (tertiary/aromatic N) is 1. The van der Waals surface area contributed by atoms with Crippen LogP contribution < -0.4 is 5.73 Å². The first-order valence-corrected chi connectivity index (χ1v) is 3.96. The third kappa shape index (κ3) is 1.93. The van der Waals surface area contributed by atoms with Gasteiger partial charge in [0.25, 0.3) is 0 Å². The van der Waals surface area contributed by atoms with E-state index in [9.17, 15) is 0 Å². The average Bonchev–Trinajstić information content (AvgIpc) is 1.95. The van der Waals surface area contributed by atoms with Crippen molar-refractivity contribution in [2.75, 3.05) is 5.73 Å². The fraction of sp³-hybridized carbons (Fsp3) is 0.444. The highest BCUT2D eigenvalue weighted by molar-refractivity contribution is 5.33. The fourth-order valence-corrected chi connectivity index (χ4v) is 1.14. The zero-order valence-corrected chi connectivity index (χ0v) is 7.09. The molecule has 2 heteroatoms. The second kappa shape index (κ2) is 3.37. The Morgan fingerprint density at radius 3 is 2.73 bits per heavy atom. The Hall–Kier alpha value is -1.05. The third-order valence-corrected chi connectivity index (χ3v) is 1.74. The van der Waals surface area contributed by atoms with Crippen LogP contribution in [0.25, 0.3) is 0 Å². The van der Waals surface area contributed by atoms with Gasteiger partial charge < -0.3 is 5.73 Å². The van der Waals surface area contributed by atoms with Gasteiger partial charge in [-0.05, 0) is 25.0 Å². The van der Waals surface area contributed by atoms with E-state index in [1.54, 1.807) is 0 Å². The molecule has 2 N–H and O–H groups in total. The van der Waals surface area contributed by atoms with E-state index >= 15 is 0 Å². The molecule has 0 fully saturated rings. The molecule has 1 heterocycles. The molecule has 60 valence electrons. The molecule has 2 nitrogen and oxygen atoms in total. The normalized spacial score (nSPS) is 10.0. The molecule has 0 aliphatic carbocycles. The molecule has 1 aromatic heterocycles. The van der Waals surface area contributed by atoms with E-state index in [4.69, 9.17) is 5.73 Å². The summed E-state index contributed by atoms with van der Waals surface area (Å²) in [7, 11) is 0. The van der Waals surface area contributed by atoms with Gasteiger partial charge in [-0.1, -0.05) is 19.4 Å². The average molecular weight is 150 g/mol. The predicted octanol–water partition coefficient (Wildman–Crippen LogP) is 1.92. The predicted molar refractivity (Wildman–Crippen MR) is 47.4 cm³/mol. The smallest absolute Gasteiger partial charge is 0.123 e. The maximum absolute atomic E-state index is 5.51. The van der Waals surface area contributed by atoms with Crippen molar-refractivity contribution in [3.05, 3.63) is 23.4 Å². The standard InChI is InChI=1S/C9H14N2/c1-3-4-8-5-6-9(10)11-7(8)2/h5-6H,3-4H2,1-2H3,(H2,10,11). The molecule has 0 aliphatic heterocycles. The minimum Gasteiger partial charge on any atom is -0.384 e. The zero-order chi connectivity index (χ0) is 8.27. The second-order valence-electron chi connectivity index (χ2n) is 2.73. The lowest BCUT2D eigenvalue weighted by atomic mass is 10.1. The van der Waals surface area contributed by atoms with Crippen molar-refractivity contribution in [3.63, 3.8) is 0 Å². The van der Waals surface area contributed by atoms with Crippen molar-refractivity contribution in [1.82, 2.24) is 4.98 Å². The molecule has 0 spiro atoms. The Bertz CT molecular complexity index is 243. The molecular formula is C9H14N2. The van der Waals surface area contributed by atoms with Crippen LogP contribution >= 0.6 is 0 Å². The van der Waals surface area contributed by atoms with Gasteiger partial charge in [0.2, 0.25) is 0 Å². The number of rotatable bonds is 2. The van der Waals surface area contributed by atoms with Crippen LogP contribution in [0.5, 0.6) is 0 Å². The van der Waals surface area contributed by atoms with Gasteiger partial charge in [0.05, 0.1) is 0 Å². The lowest BCUT2D eigenvalue weighted by molar-refractivity contribution is 0.900. The summed E-state index contributed by atoms with van der Waals surface area (Å²) >= 11 is 0. The Morgan fingerprint density at radius 2 is 2.18 bits per heavy atom. The van der Waals surface area contributed by atoms with E-state index in [2.05, 4.69) is 18.0 Å². The SMILES string of the molecule is CCCc1ccc(N)nc1C. The quantitative estimate of drug-likeness (QED) is 0.699. The Morgan fingerprint density at radius 1 is 1.45 bits per heavy atom. The molecule has 0 atom stereocenters. The van der Waals surface area contributed by atoms with E-state index < -0.39 is 0 Å². The number of hydrogen-bond acceptors (Lipinski definition) is 2. The van der Waals surface area contributed by atoms with Crippen molar-refractivity contribution in [2.24, 2.45) is 0 Å². The lowest BCUT2D eigenvalue weighted by Gasteiger charge is -2.02. The topological polar surface area (TPSA) is 38.9 Å². The first-order valence-electron chi connectivity index (χ1n) is 3.96. The number of aryl methyl sites for hydroxylation is 2. The number of anilines is 1. The molecule has 11 heavy (non-hydrogen) atoms. The van der Waals surface area contributed by atoms with E-state index in [-0.39, 0.29) is 0 Å². The number of aromatic nitrogens is 1. The van der Waals surface area contributed by atoms with Gasteiger partial charge in [0.1, 0.15) is 5.82 Å². The van der Waals surface area contributed by atoms with Crippen molar-refractivity contribution in [2.45, 2.75) is 26.7 Å². The number of hydrogen-bond donors (Lipinski definition) is 1. The summed E-state index contributed by atoms with van der Waals surface area (Å²) < 4.78 is 0. The number of nitrogens with two attached hydrogens (primary N) is 1. The van der Waals surface area contributed by atoms with Crippen LogP contribution in [0.3, 0.4) is 0 Å². The molecule has 0 saturated carbocycles. The van der Waals surface area contributed by atoms with Crippen LogP contribution in [0, 0.1) is 6.92 Å². The molecular weight excluding hydrogens is 136 g/mol. The summed E-state index contributed by atoms with van der Waals surface area (Å²) in [5.74, 6) is 0.613. The molecule has 0 aliphatic rings. The van der Waals surface area contributed by atoms with Crippen molar-refractivity contribution < 1.29 is 0 Å². The van der Waals surface area contributed by atoms with Gasteiger partial charge in [-0.3, -0.25) is 0 Å². The summed E-state index contributed by atoms with van der Waals surface area (Å²) in [4.78, 5) is 4.17. The molecule has 0 unspecified atom stereocenters. The summed E-state index contributed by atoms with van der Waals surface area (Å²) in [5, 5.41) is 0. The highest BCUT2D eigenvalue weighted by atomic mass is 14.8. The van der Waals surface area contributed by atoms with Crippen molar-refractivity contribution in [1.29, 1.82) is 0 Å². The van der Waals surface area contributed by atoms with Crippen LogP contribution in [0.15, 0.2) is 12.1 Å². The molecule has 0 saturated heterocycles. The van der Waals surface area contributed by atoms with Crippen LogP contribution in [0.4, 0.5) is 5.82 Å². The van der Waals surface area contributed by atoms with Crippen LogP contribution in [0.1, 0.15) is 24.6 Å². The Balaban J connectivity index is 2.90. The summed E-state index contributed by atoms with van der Waals surface area (Å²) in [5.41, 5.74) is 7.88. The molecule has 1 rings (SSSR count). The van der Waals surface area contributed by atoms with Gasteiger partial charge in [0, 0.05) is 5.69 Å². The van der Waals surface area contributed by atoms with Gasteiger partial charge in [-0.25, -0.2) is 4.98 Å². The maximum atomic E-state index is 5.51. The summed E-state index contributed by atoms with van der Waals surface area (Å²) in [6.07, 6.45) is 2.26. The number of nitrogen functional groups attached to an aromatic ring is 1. The van der Waals surface area contributed by atoms with Crippen molar-refractivity contribution >= 4 is 5.82 Å². The van der Waals surface area contributed by atoms with E-state index in [1.165, 1.54) is 5.56 Å². The molecule has 0 amide bonds. The Kier molecular flexibility index (Phi) is 2.47. The zero-order valence-electron chi connectivity index (χ0n) is 7.09. The second-order valence-corrected chi connectivity index (χ2v) is 2.73. The highest BCUT2D eigenvalue weighted by Gasteiger charge is 1.97. The van der Waals surface area contributed by atoms with E-state index in [0.29, 0.717) is 5.82 Å². The van der Waals surface area contributed by atoms with Gasteiger partial charge in [-0.15, -0.1) is 0 Å². The molecule has 0 aromatic carbocycles. The Labute approximate surface area is 67.5 Å². The minimum atomic E-state index is 0.613. The third-order valence-electron chi connectivity index (χ3n) is 1.74. The van der Waals surface area contributed by atoms with E-state index in [0.717, 1.165) is 18.5 Å². The van der Waals surface area contributed by atoms with Crippen molar-refractivity contribution in [3.8, 4) is 0 Å². The molecule has 0 radical (unpaired) electrons. The van der Waals surface area contributed by atoms with Crippen LogP contribution in [-0.4, -0.2) is 4.98 Å². The summed E-state index contributed by atoms with van der Waals surface area (Å²) in [6.45, 7) is 4.16. The monoisotopic (exact) mass is 150 g/mol. The molecule has 0 bridgehead atoms. The molecule has 1 aromatic rings. The van der Waals surface area contributed by atoms with Gasteiger partial charge in [-0.2, -0.15) is 0 Å². The van der Waals surface area contributed by atoms with Crippen LogP contribution in [0.2, 0.25) is 0 Å². The first kappa shape index (κ1) is 8.05.